The molecule has 1 atom stereocenters. The molecule has 3 heterocycles. The Labute approximate surface area is 180 Å². The minimum absolute atomic E-state index is 0.0448. The Bertz CT molecular complexity index is 1170. The molecule has 1 aliphatic heterocycles. The van der Waals surface area contributed by atoms with Crippen LogP contribution in [0.25, 0.3) is 11.4 Å². The Kier molecular flexibility index (Phi) is 5.65. The van der Waals surface area contributed by atoms with Crippen molar-refractivity contribution in [2.24, 2.45) is 7.05 Å². The summed E-state index contributed by atoms with van der Waals surface area (Å²) in [6.45, 7) is 7.13. The number of rotatable bonds is 4. The van der Waals surface area contributed by atoms with E-state index in [1.54, 1.807) is 19.3 Å². The Morgan fingerprint density at radius 2 is 1.87 bits per heavy atom. The molecular weight excluding hydrogens is 394 g/mol. The molecule has 0 N–H and O–H groups in total. The van der Waals surface area contributed by atoms with Crippen LogP contribution in [0.1, 0.15) is 27.0 Å². The molecule has 1 fully saturated rings. The fraction of sp³-hybridized carbons (Fsp3) is 0.348. The van der Waals surface area contributed by atoms with Crippen molar-refractivity contribution in [3.05, 3.63) is 69.4 Å². The van der Waals surface area contributed by atoms with Crippen molar-refractivity contribution in [2.45, 2.75) is 26.9 Å². The first-order chi connectivity index (χ1) is 14.8. The number of carbonyl (C=O) groups excluding carboxylic acids is 1. The van der Waals surface area contributed by atoms with E-state index in [0.717, 1.165) is 16.7 Å². The summed E-state index contributed by atoms with van der Waals surface area (Å²) < 4.78 is 7.33. The second kappa shape index (κ2) is 8.39. The summed E-state index contributed by atoms with van der Waals surface area (Å²) in [5.74, 6) is 0.441. The van der Waals surface area contributed by atoms with Gasteiger partial charge in [-0.1, -0.05) is 17.7 Å². The third kappa shape index (κ3) is 4.11. The highest BCUT2D eigenvalue weighted by molar-refractivity contribution is 6.02. The zero-order valence-corrected chi connectivity index (χ0v) is 18.1. The van der Waals surface area contributed by atoms with E-state index in [4.69, 9.17) is 4.74 Å². The zero-order chi connectivity index (χ0) is 22.1. The molecule has 160 valence electrons. The monoisotopic (exact) mass is 419 g/mol. The van der Waals surface area contributed by atoms with Gasteiger partial charge < -0.3 is 9.64 Å². The number of morpholine rings is 1. The summed E-state index contributed by atoms with van der Waals surface area (Å²) >= 11 is 0. The largest absolute Gasteiger partial charge is 0.366 e. The van der Waals surface area contributed by atoms with Crippen LogP contribution < -0.4 is 10.5 Å². The van der Waals surface area contributed by atoms with Gasteiger partial charge in [0.15, 0.2) is 5.78 Å². The molecule has 0 amide bonds. The standard InChI is InChI=1S/C23H25N5O3/c1-14-9-15(2)21(16(3)10-14)22(30)19-12-28(7-8-31-19)23-26-18(11-20(29)27(23)4)17-5-6-24-13-25-17/h5-6,9-11,13,19H,7-8,12H2,1-4H3. The number of ketones is 1. The van der Waals surface area contributed by atoms with Crippen molar-refractivity contribution in [3.8, 4) is 11.4 Å². The molecule has 31 heavy (non-hydrogen) atoms. The molecule has 0 aliphatic carbocycles. The van der Waals surface area contributed by atoms with Crippen LogP contribution in [-0.2, 0) is 11.8 Å². The van der Waals surface area contributed by atoms with Crippen LogP contribution >= 0.6 is 0 Å². The van der Waals surface area contributed by atoms with Crippen molar-refractivity contribution >= 4 is 11.7 Å². The SMILES string of the molecule is Cc1cc(C)c(C(=O)C2CN(c3nc(-c4ccncn4)cc(=O)n3C)CCO2)c(C)c1. The van der Waals surface area contributed by atoms with E-state index in [-0.39, 0.29) is 11.3 Å². The topological polar surface area (TPSA) is 90.2 Å². The molecule has 0 saturated carbocycles. The first kappa shape index (κ1) is 20.9. The summed E-state index contributed by atoms with van der Waals surface area (Å²) in [6, 6.07) is 7.18. The maximum absolute atomic E-state index is 13.3. The van der Waals surface area contributed by atoms with E-state index >= 15 is 0 Å². The van der Waals surface area contributed by atoms with Crippen LogP contribution in [0, 0.1) is 20.8 Å². The third-order valence-corrected chi connectivity index (χ3v) is 5.52. The maximum atomic E-state index is 13.3. The fourth-order valence-electron chi connectivity index (χ4n) is 4.10. The highest BCUT2D eigenvalue weighted by Crippen LogP contribution is 2.23. The fourth-order valence-corrected chi connectivity index (χ4v) is 4.10. The number of anilines is 1. The first-order valence-electron chi connectivity index (χ1n) is 10.2. The van der Waals surface area contributed by atoms with Gasteiger partial charge in [-0.2, -0.15) is 0 Å². The van der Waals surface area contributed by atoms with Crippen LogP contribution in [0.4, 0.5) is 5.95 Å². The molecule has 1 unspecified atom stereocenters. The van der Waals surface area contributed by atoms with Gasteiger partial charge in [-0.15, -0.1) is 0 Å². The number of carbonyl (C=O) groups is 1. The molecule has 1 aromatic carbocycles. The summed E-state index contributed by atoms with van der Waals surface area (Å²) in [5.41, 5.74) is 4.56. The molecule has 0 spiro atoms. The highest BCUT2D eigenvalue weighted by atomic mass is 16.5. The molecular formula is C23H25N5O3. The first-order valence-corrected chi connectivity index (χ1v) is 10.2. The lowest BCUT2D eigenvalue weighted by Gasteiger charge is -2.34. The van der Waals surface area contributed by atoms with Gasteiger partial charge >= 0.3 is 0 Å². The number of benzene rings is 1. The van der Waals surface area contributed by atoms with Crippen LogP contribution in [0.2, 0.25) is 0 Å². The lowest BCUT2D eigenvalue weighted by molar-refractivity contribution is 0.0335. The summed E-state index contributed by atoms with van der Waals surface area (Å²) in [5, 5.41) is 0. The van der Waals surface area contributed by atoms with Crippen molar-refractivity contribution in [3.63, 3.8) is 0 Å². The van der Waals surface area contributed by atoms with Gasteiger partial charge in [0.2, 0.25) is 5.95 Å². The lowest BCUT2D eigenvalue weighted by Crippen LogP contribution is -2.48. The molecule has 4 rings (SSSR count). The molecule has 0 radical (unpaired) electrons. The van der Waals surface area contributed by atoms with Gasteiger partial charge in [0, 0.05) is 31.4 Å². The van der Waals surface area contributed by atoms with Crippen molar-refractivity contribution in [1.82, 2.24) is 19.5 Å². The number of nitrogens with zero attached hydrogens (tertiary/aromatic N) is 5. The number of aryl methyl sites for hydroxylation is 3. The van der Waals surface area contributed by atoms with Crippen molar-refractivity contribution in [1.29, 1.82) is 0 Å². The molecule has 1 aliphatic rings. The summed E-state index contributed by atoms with van der Waals surface area (Å²) in [6.07, 6.45) is 2.40. The highest BCUT2D eigenvalue weighted by Gasteiger charge is 2.31. The second-order valence-corrected chi connectivity index (χ2v) is 7.88. The Morgan fingerprint density at radius 3 is 2.55 bits per heavy atom. The molecule has 2 aromatic heterocycles. The van der Waals surface area contributed by atoms with Crippen molar-refractivity contribution < 1.29 is 9.53 Å². The van der Waals surface area contributed by atoms with Crippen LogP contribution in [-0.4, -0.2) is 51.1 Å². The van der Waals surface area contributed by atoms with Gasteiger partial charge in [0.05, 0.1) is 24.5 Å². The van der Waals surface area contributed by atoms with Gasteiger partial charge in [-0.25, -0.2) is 15.0 Å². The van der Waals surface area contributed by atoms with E-state index < -0.39 is 6.10 Å². The minimum atomic E-state index is -0.631. The lowest BCUT2D eigenvalue weighted by atomic mass is 9.93. The summed E-state index contributed by atoms with van der Waals surface area (Å²) in [7, 11) is 1.68. The number of hydrogen-bond acceptors (Lipinski definition) is 7. The average Bonchev–Trinajstić information content (AvgIpc) is 2.75. The van der Waals surface area contributed by atoms with Gasteiger partial charge in [0.25, 0.3) is 5.56 Å². The van der Waals surface area contributed by atoms with Gasteiger partial charge in [-0.05, 0) is 38.0 Å². The van der Waals surface area contributed by atoms with E-state index in [0.29, 0.717) is 42.6 Å². The Balaban J connectivity index is 1.66. The van der Waals surface area contributed by atoms with Crippen LogP contribution in [0.5, 0.6) is 0 Å². The number of Topliss-reactive ketones (excluding diaryl/α,β-unsaturated/α-hetero) is 1. The Hall–Kier alpha value is -3.39. The van der Waals surface area contributed by atoms with E-state index in [1.165, 1.54) is 17.0 Å². The zero-order valence-electron chi connectivity index (χ0n) is 18.1. The van der Waals surface area contributed by atoms with E-state index in [9.17, 15) is 9.59 Å². The van der Waals surface area contributed by atoms with E-state index in [2.05, 4.69) is 15.0 Å². The quantitative estimate of drug-likeness (QED) is 0.599. The van der Waals surface area contributed by atoms with Crippen LogP contribution in [0.15, 0.2) is 41.6 Å². The second-order valence-electron chi connectivity index (χ2n) is 7.88. The van der Waals surface area contributed by atoms with Gasteiger partial charge in [0.1, 0.15) is 12.4 Å². The smallest absolute Gasteiger partial charge is 0.255 e. The predicted octanol–water partition coefficient (Wildman–Crippen LogP) is 2.25. The molecule has 8 heteroatoms. The van der Waals surface area contributed by atoms with Crippen LogP contribution in [0.3, 0.4) is 0 Å². The van der Waals surface area contributed by atoms with Gasteiger partial charge in [-0.3, -0.25) is 14.2 Å². The molecule has 1 saturated heterocycles. The van der Waals surface area contributed by atoms with E-state index in [1.807, 2.05) is 37.8 Å². The number of ether oxygens (including phenoxy) is 1. The average molecular weight is 419 g/mol. The minimum Gasteiger partial charge on any atom is -0.366 e. The molecule has 0 bridgehead atoms. The molecule has 8 nitrogen and oxygen atoms in total. The maximum Gasteiger partial charge on any atom is 0.255 e. The normalized spacial score (nSPS) is 16.4. The summed E-state index contributed by atoms with van der Waals surface area (Å²) in [4.78, 5) is 40.6. The predicted molar refractivity (Wildman–Crippen MR) is 117 cm³/mol. The molecule has 3 aromatic rings. The third-order valence-electron chi connectivity index (χ3n) is 5.52. The number of hydrogen-bond donors (Lipinski definition) is 0. The Morgan fingerprint density at radius 1 is 1.13 bits per heavy atom. The van der Waals surface area contributed by atoms with Crippen molar-refractivity contribution in [2.75, 3.05) is 24.6 Å². The number of aromatic nitrogens is 4.